The van der Waals surface area contributed by atoms with E-state index in [1.54, 1.807) is 7.11 Å². The molecule has 1 aliphatic rings. The summed E-state index contributed by atoms with van der Waals surface area (Å²) in [6.07, 6.45) is -0.372. The second kappa shape index (κ2) is 6.71. The first-order valence-corrected chi connectivity index (χ1v) is 6.80. The maximum absolute atomic E-state index is 9.02. The standard InChI is InChI=1S/C15H21N3O2/c1-11(17)15(12-3-5-13(19-2)6-4-12)18-7-8-20-14(9-16)10-18/h3-6,11,14-15H,7-8,10,17H2,1-2H3. The molecule has 0 radical (unpaired) electrons. The zero-order valence-corrected chi connectivity index (χ0v) is 12.0. The lowest BCUT2D eigenvalue weighted by Crippen LogP contribution is -2.48. The van der Waals surface area contributed by atoms with Gasteiger partial charge in [0.15, 0.2) is 6.10 Å². The van der Waals surface area contributed by atoms with E-state index in [0.717, 1.165) is 17.9 Å². The molecule has 5 heteroatoms. The van der Waals surface area contributed by atoms with Gasteiger partial charge in [0, 0.05) is 25.2 Å². The molecule has 108 valence electrons. The average Bonchev–Trinajstić information content (AvgIpc) is 2.48. The number of nitriles is 1. The molecule has 2 N–H and O–H groups in total. The molecule has 1 fully saturated rings. The average molecular weight is 275 g/mol. The van der Waals surface area contributed by atoms with Gasteiger partial charge in [0.2, 0.25) is 0 Å². The van der Waals surface area contributed by atoms with Gasteiger partial charge in [-0.1, -0.05) is 12.1 Å². The Hall–Kier alpha value is -1.61. The number of hydrogen-bond acceptors (Lipinski definition) is 5. The van der Waals surface area contributed by atoms with E-state index in [1.807, 2.05) is 31.2 Å². The Balaban J connectivity index is 2.19. The fraction of sp³-hybridized carbons (Fsp3) is 0.533. The zero-order chi connectivity index (χ0) is 14.5. The highest BCUT2D eigenvalue weighted by Crippen LogP contribution is 2.27. The van der Waals surface area contributed by atoms with Crippen LogP contribution in [-0.4, -0.2) is 43.9 Å². The van der Waals surface area contributed by atoms with E-state index >= 15 is 0 Å². The van der Waals surface area contributed by atoms with E-state index in [9.17, 15) is 0 Å². The molecule has 0 bridgehead atoms. The van der Waals surface area contributed by atoms with Crippen LogP contribution < -0.4 is 10.5 Å². The SMILES string of the molecule is COc1ccc(C(C(C)N)N2CCOC(C#N)C2)cc1. The molecule has 0 amide bonds. The number of nitrogens with zero attached hydrogens (tertiary/aromatic N) is 2. The topological polar surface area (TPSA) is 71.5 Å². The highest BCUT2D eigenvalue weighted by atomic mass is 16.5. The van der Waals surface area contributed by atoms with Crippen LogP contribution in [0.4, 0.5) is 0 Å². The fourth-order valence-electron chi connectivity index (χ4n) is 2.65. The molecule has 1 aliphatic heterocycles. The van der Waals surface area contributed by atoms with E-state index in [4.69, 9.17) is 20.5 Å². The Bertz CT molecular complexity index is 467. The lowest BCUT2D eigenvalue weighted by Gasteiger charge is -2.38. The Kier molecular flexibility index (Phi) is 4.96. The van der Waals surface area contributed by atoms with Crippen molar-refractivity contribution < 1.29 is 9.47 Å². The van der Waals surface area contributed by atoms with Crippen molar-refractivity contribution >= 4 is 0 Å². The second-order valence-corrected chi connectivity index (χ2v) is 5.06. The molecule has 1 saturated heterocycles. The van der Waals surface area contributed by atoms with Crippen LogP contribution in [0.2, 0.25) is 0 Å². The predicted molar refractivity (Wildman–Crippen MR) is 76.3 cm³/mol. The molecule has 1 aromatic carbocycles. The van der Waals surface area contributed by atoms with Crippen molar-refractivity contribution in [2.45, 2.75) is 25.1 Å². The summed E-state index contributed by atoms with van der Waals surface area (Å²) in [5, 5.41) is 9.02. The second-order valence-electron chi connectivity index (χ2n) is 5.06. The van der Waals surface area contributed by atoms with Crippen molar-refractivity contribution in [3.8, 4) is 11.8 Å². The van der Waals surface area contributed by atoms with Crippen LogP contribution in [0.5, 0.6) is 5.75 Å². The van der Waals surface area contributed by atoms with Gasteiger partial charge in [-0.25, -0.2) is 0 Å². The van der Waals surface area contributed by atoms with Gasteiger partial charge in [0.1, 0.15) is 5.75 Å². The third-order valence-electron chi connectivity index (χ3n) is 3.59. The van der Waals surface area contributed by atoms with Gasteiger partial charge >= 0.3 is 0 Å². The van der Waals surface area contributed by atoms with Gasteiger partial charge in [-0.2, -0.15) is 5.26 Å². The van der Waals surface area contributed by atoms with Crippen molar-refractivity contribution in [3.05, 3.63) is 29.8 Å². The number of nitrogens with two attached hydrogens (primary N) is 1. The molecule has 0 aromatic heterocycles. The molecular weight excluding hydrogens is 254 g/mol. The first kappa shape index (κ1) is 14.8. The summed E-state index contributed by atoms with van der Waals surface area (Å²) in [6, 6.07) is 10.2. The van der Waals surface area contributed by atoms with Gasteiger partial charge in [0.05, 0.1) is 19.8 Å². The largest absolute Gasteiger partial charge is 0.497 e. The quantitative estimate of drug-likeness (QED) is 0.897. The summed E-state index contributed by atoms with van der Waals surface area (Å²) in [5.41, 5.74) is 7.30. The van der Waals surface area contributed by atoms with Gasteiger partial charge in [0.25, 0.3) is 0 Å². The lowest BCUT2D eigenvalue weighted by atomic mass is 9.98. The molecule has 20 heavy (non-hydrogen) atoms. The molecule has 5 nitrogen and oxygen atoms in total. The van der Waals surface area contributed by atoms with Crippen molar-refractivity contribution in [2.75, 3.05) is 26.8 Å². The van der Waals surface area contributed by atoms with E-state index in [-0.39, 0.29) is 18.2 Å². The van der Waals surface area contributed by atoms with Crippen LogP contribution in [-0.2, 0) is 4.74 Å². The number of benzene rings is 1. The number of hydrogen-bond donors (Lipinski definition) is 1. The van der Waals surface area contributed by atoms with Crippen LogP contribution in [0.1, 0.15) is 18.5 Å². The maximum Gasteiger partial charge on any atom is 0.156 e. The maximum atomic E-state index is 9.02. The summed E-state index contributed by atoms with van der Waals surface area (Å²) in [5.74, 6) is 0.828. The lowest BCUT2D eigenvalue weighted by molar-refractivity contribution is -0.0210. The molecule has 1 aromatic rings. The number of ether oxygens (including phenoxy) is 2. The first-order chi connectivity index (χ1) is 9.65. The van der Waals surface area contributed by atoms with Crippen molar-refractivity contribution in [3.63, 3.8) is 0 Å². The third kappa shape index (κ3) is 3.28. The Morgan fingerprint density at radius 3 is 2.70 bits per heavy atom. The van der Waals surface area contributed by atoms with E-state index in [1.165, 1.54) is 0 Å². The van der Waals surface area contributed by atoms with E-state index < -0.39 is 0 Å². The molecule has 1 heterocycles. The number of methoxy groups -OCH3 is 1. The minimum atomic E-state index is -0.372. The highest BCUT2D eigenvalue weighted by Gasteiger charge is 2.29. The number of morpholine rings is 1. The molecule has 0 aliphatic carbocycles. The van der Waals surface area contributed by atoms with Crippen LogP contribution in [0, 0.1) is 11.3 Å². The zero-order valence-electron chi connectivity index (χ0n) is 12.0. The van der Waals surface area contributed by atoms with Crippen LogP contribution in [0.25, 0.3) is 0 Å². The number of rotatable bonds is 4. The first-order valence-electron chi connectivity index (χ1n) is 6.80. The van der Waals surface area contributed by atoms with Crippen molar-refractivity contribution in [2.24, 2.45) is 5.73 Å². The monoisotopic (exact) mass is 275 g/mol. The molecule has 0 saturated carbocycles. The molecule has 3 unspecified atom stereocenters. The normalized spacial score (nSPS) is 22.8. The van der Waals surface area contributed by atoms with E-state index in [2.05, 4.69) is 11.0 Å². The highest BCUT2D eigenvalue weighted by molar-refractivity contribution is 5.30. The van der Waals surface area contributed by atoms with Crippen molar-refractivity contribution in [1.29, 1.82) is 5.26 Å². The Morgan fingerprint density at radius 2 is 2.15 bits per heavy atom. The summed E-state index contributed by atoms with van der Waals surface area (Å²) >= 11 is 0. The van der Waals surface area contributed by atoms with Gasteiger partial charge in [-0.05, 0) is 24.6 Å². The molecule has 2 rings (SSSR count). The fourth-order valence-corrected chi connectivity index (χ4v) is 2.65. The van der Waals surface area contributed by atoms with Gasteiger partial charge in [-0.3, -0.25) is 4.90 Å². The Morgan fingerprint density at radius 1 is 1.45 bits per heavy atom. The minimum absolute atomic E-state index is 0.0270. The van der Waals surface area contributed by atoms with Crippen molar-refractivity contribution in [1.82, 2.24) is 4.90 Å². The summed E-state index contributed by atoms with van der Waals surface area (Å²) < 4.78 is 10.6. The predicted octanol–water partition coefficient (Wildman–Crippen LogP) is 1.31. The van der Waals surface area contributed by atoms with E-state index in [0.29, 0.717) is 13.2 Å². The smallest absolute Gasteiger partial charge is 0.156 e. The minimum Gasteiger partial charge on any atom is -0.497 e. The third-order valence-corrected chi connectivity index (χ3v) is 3.59. The summed E-state index contributed by atoms with van der Waals surface area (Å²) in [6.45, 7) is 3.94. The van der Waals surface area contributed by atoms with Crippen LogP contribution >= 0.6 is 0 Å². The van der Waals surface area contributed by atoms with Crippen LogP contribution in [0.15, 0.2) is 24.3 Å². The summed E-state index contributed by atoms with van der Waals surface area (Å²) in [4.78, 5) is 2.23. The molecule has 3 atom stereocenters. The van der Waals surface area contributed by atoms with Gasteiger partial charge < -0.3 is 15.2 Å². The Labute approximate surface area is 119 Å². The van der Waals surface area contributed by atoms with Gasteiger partial charge in [-0.15, -0.1) is 0 Å². The summed E-state index contributed by atoms with van der Waals surface area (Å²) in [7, 11) is 1.65. The molecular formula is C15H21N3O2. The molecule has 0 spiro atoms. The van der Waals surface area contributed by atoms with Crippen LogP contribution in [0.3, 0.4) is 0 Å².